The predicted octanol–water partition coefficient (Wildman–Crippen LogP) is 2.87. The molecule has 9 heteroatoms. The maximum absolute atomic E-state index is 13.4. The fraction of sp³-hybridized carbons (Fsp3) is 0.412. The fourth-order valence-electron chi connectivity index (χ4n) is 2.84. The summed E-state index contributed by atoms with van der Waals surface area (Å²) in [5.41, 5.74) is -0.940. The summed E-state index contributed by atoms with van der Waals surface area (Å²) in [6, 6.07) is 5.37. The Morgan fingerprint density at radius 1 is 1.19 bits per heavy atom. The number of ether oxygens (including phenoxy) is 1. The Bertz CT molecular complexity index is 794. The summed E-state index contributed by atoms with van der Waals surface area (Å²) in [4.78, 5) is 14.0. The van der Waals surface area contributed by atoms with E-state index in [1.807, 2.05) is 0 Å². The first-order chi connectivity index (χ1) is 12.3. The molecule has 2 heterocycles. The summed E-state index contributed by atoms with van der Waals surface area (Å²) >= 11 is 0. The van der Waals surface area contributed by atoms with Gasteiger partial charge in [-0.25, -0.2) is 4.39 Å². The molecule has 1 saturated heterocycles. The maximum atomic E-state index is 13.4. The van der Waals surface area contributed by atoms with E-state index in [4.69, 9.17) is 4.74 Å². The number of hydrogen-bond acceptors (Lipinski definition) is 3. The zero-order valence-corrected chi connectivity index (χ0v) is 14.0. The molecule has 0 aliphatic carbocycles. The van der Waals surface area contributed by atoms with Crippen molar-refractivity contribution in [3.63, 3.8) is 0 Å². The molecular formula is C17H17F4N3O2. The Labute approximate surface area is 147 Å². The van der Waals surface area contributed by atoms with Gasteiger partial charge in [-0.1, -0.05) is 12.1 Å². The monoisotopic (exact) mass is 371 g/mol. The van der Waals surface area contributed by atoms with Crippen LogP contribution in [0.15, 0.2) is 24.3 Å². The second-order valence-corrected chi connectivity index (χ2v) is 6.00. The van der Waals surface area contributed by atoms with Gasteiger partial charge in [-0.2, -0.15) is 18.3 Å². The summed E-state index contributed by atoms with van der Waals surface area (Å²) in [5, 5.41) is 3.63. The van der Waals surface area contributed by atoms with E-state index >= 15 is 0 Å². The van der Waals surface area contributed by atoms with Gasteiger partial charge in [0.1, 0.15) is 5.82 Å². The number of hydrogen-bond donors (Lipinski definition) is 0. The molecule has 1 fully saturated rings. The number of amides is 1. The quantitative estimate of drug-likeness (QED) is 0.780. The Balaban J connectivity index is 1.98. The van der Waals surface area contributed by atoms with E-state index in [1.165, 1.54) is 36.1 Å². The van der Waals surface area contributed by atoms with Gasteiger partial charge in [0.25, 0.3) is 5.91 Å². The van der Waals surface area contributed by atoms with Gasteiger partial charge >= 0.3 is 6.18 Å². The SMILES string of the molecule is Cc1c(C(=O)N2CCOCC2)c(C(F)(F)F)nn1Cc1ccc(F)cc1. The molecule has 3 rings (SSSR count). The lowest BCUT2D eigenvalue weighted by Crippen LogP contribution is -2.41. The normalized spacial score (nSPS) is 15.3. The van der Waals surface area contributed by atoms with Gasteiger partial charge in [-0.15, -0.1) is 0 Å². The molecule has 0 saturated carbocycles. The molecule has 2 aromatic rings. The Kier molecular flexibility index (Phi) is 4.99. The Hall–Kier alpha value is -2.42. The van der Waals surface area contributed by atoms with Crippen LogP contribution in [-0.2, 0) is 17.5 Å². The third-order valence-corrected chi connectivity index (χ3v) is 4.23. The molecule has 140 valence electrons. The van der Waals surface area contributed by atoms with E-state index in [1.54, 1.807) is 0 Å². The smallest absolute Gasteiger partial charge is 0.378 e. The van der Waals surface area contributed by atoms with Gasteiger partial charge in [0.2, 0.25) is 0 Å². The van der Waals surface area contributed by atoms with E-state index in [9.17, 15) is 22.4 Å². The highest BCUT2D eigenvalue weighted by Crippen LogP contribution is 2.33. The summed E-state index contributed by atoms with van der Waals surface area (Å²) in [5.74, 6) is -1.14. The minimum Gasteiger partial charge on any atom is -0.378 e. The lowest BCUT2D eigenvalue weighted by Gasteiger charge is -2.27. The average Bonchev–Trinajstić information content (AvgIpc) is 2.94. The molecule has 1 amide bonds. The first kappa shape index (κ1) is 18.4. The van der Waals surface area contributed by atoms with Gasteiger partial charge in [0, 0.05) is 18.8 Å². The summed E-state index contributed by atoms with van der Waals surface area (Å²) in [6.07, 6.45) is -4.75. The topological polar surface area (TPSA) is 47.4 Å². The van der Waals surface area contributed by atoms with Crippen LogP contribution in [0.3, 0.4) is 0 Å². The van der Waals surface area contributed by atoms with Gasteiger partial charge in [-0.3, -0.25) is 9.48 Å². The fourth-order valence-corrected chi connectivity index (χ4v) is 2.84. The number of halogens is 4. The van der Waals surface area contributed by atoms with Gasteiger partial charge in [-0.05, 0) is 24.6 Å². The highest BCUT2D eigenvalue weighted by molar-refractivity contribution is 5.96. The van der Waals surface area contributed by atoms with Crippen molar-refractivity contribution < 1.29 is 27.1 Å². The third kappa shape index (κ3) is 3.72. The van der Waals surface area contributed by atoms with Crippen LogP contribution in [-0.4, -0.2) is 46.9 Å². The van der Waals surface area contributed by atoms with Crippen LogP contribution in [0.25, 0.3) is 0 Å². The van der Waals surface area contributed by atoms with Crippen LogP contribution in [0.5, 0.6) is 0 Å². The standard InChI is InChI=1S/C17H17F4N3O2/c1-11-14(16(25)23-6-8-26-9-7-23)15(17(19,20)21)22-24(11)10-12-2-4-13(18)5-3-12/h2-5H,6-10H2,1H3. The molecule has 1 aromatic carbocycles. The second-order valence-electron chi connectivity index (χ2n) is 6.00. The second kappa shape index (κ2) is 7.06. The van der Waals surface area contributed by atoms with Gasteiger partial charge < -0.3 is 9.64 Å². The lowest BCUT2D eigenvalue weighted by molar-refractivity contribution is -0.141. The minimum atomic E-state index is -4.75. The number of alkyl halides is 3. The highest BCUT2D eigenvalue weighted by atomic mass is 19.4. The van der Waals surface area contributed by atoms with E-state index < -0.39 is 29.2 Å². The largest absolute Gasteiger partial charge is 0.435 e. The molecule has 0 unspecified atom stereocenters. The third-order valence-electron chi connectivity index (χ3n) is 4.23. The van der Waals surface area contributed by atoms with Crippen molar-refractivity contribution in [3.05, 3.63) is 52.6 Å². The Morgan fingerprint density at radius 2 is 1.81 bits per heavy atom. The van der Waals surface area contributed by atoms with Crippen molar-refractivity contribution in [2.45, 2.75) is 19.6 Å². The molecule has 1 aliphatic heterocycles. The summed E-state index contributed by atoms with van der Waals surface area (Å²) in [6.45, 7) is 2.48. The van der Waals surface area contributed by atoms with Crippen LogP contribution in [0.2, 0.25) is 0 Å². The van der Waals surface area contributed by atoms with Crippen molar-refractivity contribution in [2.75, 3.05) is 26.3 Å². The summed E-state index contributed by atoms with van der Waals surface area (Å²) < 4.78 is 59.6. The van der Waals surface area contributed by atoms with Crippen LogP contribution < -0.4 is 0 Å². The molecule has 0 N–H and O–H groups in total. The zero-order chi connectivity index (χ0) is 18.9. The predicted molar refractivity (Wildman–Crippen MR) is 84.2 cm³/mol. The molecule has 0 atom stereocenters. The number of morpholine rings is 1. The zero-order valence-electron chi connectivity index (χ0n) is 14.0. The van der Waals surface area contributed by atoms with Crippen molar-refractivity contribution in [2.24, 2.45) is 0 Å². The number of aromatic nitrogens is 2. The molecule has 26 heavy (non-hydrogen) atoms. The molecule has 5 nitrogen and oxygen atoms in total. The Morgan fingerprint density at radius 3 is 2.38 bits per heavy atom. The first-order valence-electron chi connectivity index (χ1n) is 8.03. The highest BCUT2D eigenvalue weighted by Gasteiger charge is 2.41. The van der Waals surface area contributed by atoms with Crippen molar-refractivity contribution in [1.29, 1.82) is 0 Å². The van der Waals surface area contributed by atoms with Crippen LogP contribution in [0, 0.1) is 12.7 Å². The first-order valence-corrected chi connectivity index (χ1v) is 8.03. The van der Waals surface area contributed by atoms with E-state index in [-0.39, 0.29) is 38.5 Å². The van der Waals surface area contributed by atoms with Crippen molar-refractivity contribution in [1.82, 2.24) is 14.7 Å². The lowest BCUT2D eigenvalue weighted by atomic mass is 10.1. The summed E-state index contributed by atoms with van der Waals surface area (Å²) in [7, 11) is 0. The van der Waals surface area contributed by atoms with Crippen molar-refractivity contribution >= 4 is 5.91 Å². The number of rotatable bonds is 3. The molecule has 0 bridgehead atoms. The number of carbonyl (C=O) groups excluding carboxylic acids is 1. The molecule has 1 aromatic heterocycles. The van der Waals surface area contributed by atoms with E-state index in [0.29, 0.717) is 5.56 Å². The minimum absolute atomic E-state index is 0.00554. The molecular weight excluding hydrogens is 354 g/mol. The van der Waals surface area contributed by atoms with Crippen LogP contribution in [0.4, 0.5) is 17.6 Å². The van der Waals surface area contributed by atoms with E-state index in [2.05, 4.69) is 5.10 Å². The van der Waals surface area contributed by atoms with E-state index in [0.717, 1.165) is 4.68 Å². The number of nitrogens with zero attached hydrogens (tertiary/aromatic N) is 3. The van der Waals surface area contributed by atoms with Crippen LogP contribution in [0.1, 0.15) is 27.3 Å². The van der Waals surface area contributed by atoms with Gasteiger partial charge in [0.15, 0.2) is 5.69 Å². The molecule has 0 spiro atoms. The average molecular weight is 371 g/mol. The number of carbonyl (C=O) groups is 1. The molecule has 1 aliphatic rings. The molecule has 0 radical (unpaired) electrons. The maximum Gasteiger partial charge on any atom is 0.435 e. The van der Waals surface area contributed by atoms with Gasteiger partial charge in [0.05, 0.1) is 25.3 Å². The van der Waals surface area contributed by atoms with Crippen molar-refractivity contribution in [3.8, 4) is 0 Å². The van der Waals surface area contributed by atoms with Crippen LogP contribution >= 0.6 is 0 Å². The number of benzene rings is 1.